The second-order valence-electron chi connectivity index (χ2n) is 19.7. The van der Waals surface area contributed by atoms with Gasteiger partial charge in [0.05, 0.1) is 38.6 Å². The van der Waals surface area contributed by atoms with Crippen LogP contribution >= 0.6 is 0 Å². The maximum absolute atomic E-state index is 13.2. The van der Waals surface area contributed by atoms with E-state index in [-0.39, 0.29) is 12.3 Å². The highest BCUT2D eigenvalue weighted by atomic mass is 16.8. The highest BCUT2D eigenvalue weighted by molar-refractivity contribution is 5.76. The van der Waals surface area contributed by atoms with Gasteiger partial charge in [-0.05, 0) is 96.8 Å². The zero-order chi connectivity index (χ0) is 57.6. The quantitative estimate of drug-likeness (QED) is 0.0305. The van der Waals surface area contributed by atoms with Gasteiger partial charge in [-0.25, -0.2) is 0 Å². The third-order valence-electron chi connectivity index (χ3n) is 13.3. The Bertz CT molecular complexity index is 1910. The fraction of sp³-hybridized carbons (Fsp3) is 0.650. The third-order valence-corrected chi connectivity index (χ3v) is 13.3. The Balaban J connectivity index is 1.48. The van der Waals surface area contributed by atoms with E-state index < -0.39 is 131 Å². The second kappa shape index (κ2) is 42.1. The van der Waals surface area contributed by atoms with E-state index in [1.165, 1.54) is 0 Å². The average molecular weight is 1120 g/mol. The van der Waals surface area contributed by atoms with Crippen molar-refractivity contribution in [2.24, 2.45) is 0 Å². The monoisotopic (exact) mass is 1120 g/mol. The van der Waals surface area contributed by atoms with Gasteiger partial charge in [0.1, 0.15) is 73.2 Å². The van der Waals surface area contributed by atoms with Gasteiger partial charge < -0.3 is 89.9 Å². The first-order valence-electron chi connectivity index (χ1n) is 28.3. The van der Waals surface area contributed by atoms with Crippen molar-refractivity contribution in [3.8, 4) is 0 Å². The number of carbonyl (C=O) groups is 1. The summed E-state index contributed by atoms with van der Waals surface area (Å²) in [6.07, 6.45) is 28.0. The Hall–Kier alpha value is -3.81. The summed E-state index contributed by atoms with van der Waals surface area (Å²) in [7, 11) is 0. The maximum Gasteiger partial charge on any atom is 0.220 e. The third kappa shape index (κ3) is 26.3. The maximum atomic E-state index is 13.2. The van der Waals surface area contributed by atoms with Gasteiger partial charge in [0, 0.05) is 6.42 Å². The van der Waals surface area contributed by atoms with Crippen molar-refractivity contribution in [3.05, 3.63) is 122 Å². The minimum atomic E-state index is -1.99. The molecule has 0 aromatic carbocycles. The van der Waals surface area contributed by atoms with Crippen molar-refractivity contribution in [1.82, 2.24) is 5.32 Å². The molecular formula is C60H95NO18. The predicted octanol–water partition coefficient (Wildman–Crippen LogP) is 4.14. The van der Waals surface area contributed by atoms with Gasteiger partial charge in [-0.1, -0.05) is 135 Å². The topological polar surface area (TPSA) is 307 Å². The Labute approximate surface area is 467 Å². The minimum absolute atomic E-state index is 0.182. The summed E-state index contributed by atoms with van der Waals surface area (Å²) >= 11 is 0. The molecule has 19 heteroatoms. The molecule has 3 aliphatic heterocycles. The number of unbranched alkanes of at least 4 members (excludes halogenated alkanes) is 5. The van der Waals surface area contributed by atoms with Crippen LogP contribution in [0.5, 0.6) is 0 Å². The van der Waals surface area contributed by atoms with Crippen molar-refractivity contribution < 1.29 is 89.4 Å². The molecule has 0 saturated carbocycles. The summed E-state index contributed by atoms with van der Waals surface area (Å²) in [4.78, 5) is 13.2. The van der Waals surface area contributed by atoms with Crippen molar-refractivity contribution in [2.45, 2.75) is 221 Å². The number of hydrogen-bond donors (Lipinski definition) is 12. The van der Waals surface area contributed by atoms with Gasteiger partial charge >= 0.3 is 0 Å². The number of amides is 1. The van der Waals surface area contributed by atoms with Crippen LogP contribution in [0, 0.1) is 0 Å². The molecule has 0 aromatic heterocycles. The van der Waals surface area contributed by atoms with Crippen LogP contribution in [0.4, 0.5) is 0 Å². The van der Waals surface area contributed by atoms with Gasteiger partial charge in [0.2, 0.25) is 5.91 Å². The van der Waals surface area contributed by atoms with E-state index in [4.69, 9.17) is 28.4 Å². The Morgan fingerprint density at radius 3 is 1.39 bits per heavy atom. The first-order valence-corrected chi connectivity index (χ1v) is 28.3. The Morgan fingerprint density at radius 2 is 0.899 bits per heavy atom. The number of carbonyl (C=O) groups excluding carboxylic acids is 1. The molecule has 17 atom stereocenters. The normalized spacial score (nSPS) is 31.2. The molecule has 3 rings (SSSR count). The molecule has 3 aliphatic rings. The molecule has 0 radical (unpaired) electrons. The number of allylic oxidation sites excluding steroid dienone is 19. The summed E-state index contributed by atoms with van der Waals surface area (Å²) in [5, 5.41) is 120. The van der Waals surface area contributed by atoms with Gasteiger partial charge in [-0.2, -0.15) is 0 Å². The van der Waals surface area contributed by atoms with E-state index in [1.807, 2.05) is 13.0 Å². The zero-order valence-electron chi connectivity index (χ0n) is 46.3. The Morgan fingerprint density at radius 1 is 0.481 bits per heavy atom. The van der Waals surface area contributed by atoms with Crippen molar-refractivity contribution in [3.63, 3.8) is 0 Å². The number of nitrogens with one attached hydrogen (secondary N) is 1. The van der Waals surface area contributed by atoms with Crippen LogP contribution in [0.3, 0.4) is 0 Å². The first kappa shape index (κ1) is 69.5. The van der Waals surface area contributed by atoms with Gasteiger partial charge in [-0.15, -0.1) is 0 Å². The fourth-order valence-electron chi connectivity index (χ4n) is 8.68. The SMILES string of the molecule is C/C=C/CC/C=C/CC/C=C/C(O)C(COC1OC(CO)C(OC2OC(CO)C(OC3OC(CO)C(O)C(O)C3O)C(O)C2O)C(O)C1O)NC(=O)CCCCC/C=C\C/C=C\C/C=C\C/C=C\C/C=C\C/C=C\C/C=C\CC. The van der Waals surface area contributed by atoms with Crippen LogP contribution in [0.1, 0.15) is 117 Å². The van der Waals surface area contributed by atoms with E-state index in [9.17, 15) is 61.0 Å². The summed E-state index contributed by atoms with van der Waals surface area (Å²) in [6.45, 7) is 1.26. The van der Waals surface area contributed by atoms with Crippen molar-refractivity contribution >= 4 is 5.91 Å². The molecule has 79 heavy (non-hydrogen) atoms. The summed E-state index contributed by atoms with van der Waals surface area (Å²) in [5.41, 5.74) is 0. The molecule has 1 amide bonds. The first-order chi connectivity index (χ1) is 38.3. The standard InChI is InChI=1S/C60H95NO18/c1-3-5-7-9-11-13-14-15-16-17-18-19-20-21-22-23-24-25-26-27-28-30-32-34-36-38-48(66)61-43(44(65)37-35-33-31-29-12-10-8-6-4-2)42-74-58-54(72)51(69)56(46(40-63)76-58)79-60-55(73)52(70)57(47(41-64)77-60)78-59-53(71)50(68)49(67)45(39-62)75-59/h4-7,11-13,15-16,18-19,21-22,24-25,27-29,35,37,43-47,49-60,62-65,67-73H,3,8-10,14,17,20,23,26,30-34,36,38-42H2,1-2H3,(H,61,66)/b6-4+,7-5-,13-11-,16-15-,19-18-,22-21-,25-24-,28-27-,29-12+,37-35+. The van der Waals surface area contributed by atoms with Crippen molar-refractivity contribution in [2.75, 3.05) is 26.4 Å². The molecule has 0 bridgehead atoms. The molecule has 12 N–H and O–H groups in total. The molecule has 3 heterocycles. The van der Waals surface area contributed by atoms with Crippen LogP contribution in [0.25, 0.3) is 0 Å². The number of rotatable bonds is 38. The van der Waals surface area contributed by atoms with Crippen LogP contribution in [0.2, 0.25) is 0 Å². The lowest BCUT2D eigenvalue weighted by molar-refractivity contribution is -0.379. The summed E-state index contributed by atoms with van der Waals surface area (Å²) < 4.78 is 34.1. The van der Waals surface area contributed by atoms with Gasteiger partial charge in [0.15, 0.2) is 18.9 Å². The number of hydrogen-bond acceptors (Lipinski definition) is 18. The van der Waals surface area contributed by atoms with E-state index in [1.54, 1.807) is 12.2 Å². The average Bonchev–Trinajstić information content (AvgIpc) is 3.44. The lowest BCUT2D eigenvalue weighted by atomic mass is 9.96. The van der Waals surface area contributed by atoms with E-state index in [0.717, 1.165) is 83.5 Å². The molecule has 19 nitrogen and oxygen atoms in total. The second-order valence-corrected chi connectivity index (χ2v) is 19.7. The lowest BCUT2D eigenvalue weighted by Gasteiger charge is -2.48. The van der Waals surface area contributed by atoms with Gasteiger partial charge in [0.25, 0.3) is 0 Å². The molecule has 0 spiro atoms. The molecule has 0 aliphatic carbocycles. The predicted molar refractivity (Wildman–Crippen MR) is 300 cm³/mol. The molecular weight excluding hydrogens is 1020 g/mol. The van der Waals surface area contributed by atoms with Crippen molar-refractivity contribution in [1.29, 1.82) is 0 Å². The highest BCUT2D eigenvalue weighted by Crippen LogP contribution is 2.33. The van der Waals surface area contributed by atoms with E-state index in [2.05, 4.69) is 116 Å². The molecule has 0 aromatic rings. The van der Waals surface area contributed by atoms with E-state index in [0.29, 0.717) is 12.8 Å². The van der Waals surface area contributed by atoms with Gasteiger partial charge in [-0.3, -0.25) is 4.79 Å². The summed E-state index contributed by atoms with van der Waals surface area (Å²) in [6, 6.07) is -1.02. The molecule has 3 saturated heterocycles. The largest absolute Gasteiger partial charge is 0.394 e. The summed E-state index contributed by atoms with van der Waals surface area (Å²) in [5.74, 6) is -0.333. The molecule has 3 fully saturated rings. The lowest BCUT2D eigenvalue weighted by Crippen LogP contribution is -2.66. The number of aliphatic hydroxyl groups excluding tert-OH is 11. The smallest absolute Gasteiger partial charge is 0.220 e. The number of ether oxygens (including phenoxy) is 6. The Kier molecular flexibility index (Phi) is 37.0. The molecule has 448 valence electrons. The highest BCUT2D eigenvalue weighted by Gasteiger charge is 2.53. The van der Waals surface area contributed by atoms with E-state index >= 15 is 0 Å². The van der Waals surface area contributed by atoms with Crippen LogP contribution in [-0.4, -0.2) is 193 Å². The number of aliphatic hydroxyl groups is 11. The molecule has 17 unspecified atom stereocenters. The van der Waals surface area contributed by atoms with Crippen LogP contribution < -0.4 is 5.32 Å². The van der Waals surface area contributed by atoms with Crippen LogP contribution in [0.15, 0.2) is 122 Å². The fourth-order valence-corrected chi connectivity index (χ4v) is 8.68. The zero-order valence-corrected chi connectivity index (χ0v) is 46.3. The van der Waals surface area contributed by atoms with Crippen LogP contribution in [-0.2, 0) is 33.2 Å². The minimum Gasteiger partial charge on any atom is -0.394 e.